The molecule has 1 amide bonds. The van der Waals surface area contributed by atoms with Crippen LogP contribution in [0.3, 0.4) is 0 Å². The molecule has 1 aromatic heterocycles. The lowest BCUT2D eigenvalue weighted by Crippen LogP contribution is -2.14. The average molecular weight is 482 g/mol. The molecule has 0 unspecified atom stereocenters. The molecule has 1 N–H and O–H groups in total. The summed E-state index contributed by atoms with van der Waals surface area (Å²) < 4.78 is 8.54. The van der Waals surface area contributed by atoms with Crippen LogP contribution in [0.2, 0.25) is 5.02 Å². The summed E-state index contributed by atoms with van der Waals surface area (Å²) in [5.74, 6) is 1.51. The van der Waals surface area contributed by atoms with Crippen LogP contribution in [-0.4, -0.2) is 26.4 Å². The molecule has 0 bridgehead atoms. The molecular weight excluding hydrogens is 464 g/mol. The fourth-order valence-corrected chi connectivity index (χ4v) is 3.42. The fraction of sp³-hybridized carbons (Fsp3) is 0.211. The Balaban J connectivity index is 1.53. The molecule has 1 heterocycles. The van der Waals surface area contributed by atoms with Crippen molar-refractivity contribution < 1.29 is 9.53 Å². The van der Waals surface area contributed by atoms with Gasteiger partial charge in [-0.15, -0.1) is 10.2 Å². The van der Waals surface area contributed by atoms with Gasteiger partial charge in [0.05, 0.1) is 5.75 Å². The van der Waals surface area contributed by atoms with Gasteiger partial charge in [0, 0.05) is 22.2 Å². The molecule has 3 aromatic rings. The Bertz CT molecular complexity index is 979. The number of anilines is 1. The number of ether oxygens (including phenoxy) is 1. The molecule has 0 aliphatic heterocycles. The smallest absolute Gasteiger partial charge is 0.234 e. The largest absolute Gasteiger partial charge is 0.486 e. The molecule has 28 heavy (non-hydrogen) atoms. The number of benzene rings is 2. The van der Waals surface area contributed by atoms with E-state index in [1.54, 1.807) is 6.07 Å². The van der Waals surface area contributed by atoms with Gasteiger partial charge in [0.1, 0.15) is 12.4 Å². The third kappa shape index (κ3) is 5.50. The lowest BCUT2D eigenvalue weighted by Gasteiger charge is -2.08. The summed E-state index contributed by atoms with van der Waals surface area (Å²) in [5, 5.41) is 12.5. The third-order valence-electron chi connectivity index (χ3n) is 3.88. The van der Waals surface area contributed by atoms with Gasteiger partial charge in [0.2, 0.25) is 5.91 Å². The lowest BCUT2D eigenvalue weighted by atomic mass is 10.2. The molecule has 6 nitrogen and oxygen atoms in total. The maximum Gasteiger partial charge on any atom is 0.234 e. The Morgan fingerprint density at radius 2 is 2.00 bits per heavy atom. The van der Waals surface area contributed by atoms with E-state index in [4.69, 9.17) is 16.3 Å². The number of aromatic nitrogens is 3. The van der Waals surface area contributed by atoms with Gasteiger partial charge in [0.25, 0.3) is 0 Å². The number of aryl methyl sites for hydroxylation is 1. The molecule has 0 saturated carbocycles. The van der Waals surface area contributed by atoms with E-state index in [1.165, 1.54) is 11.8 Å². The highest BCUT2D eigenvalue weighted by molar-refractivity contribution is 9.10. The summed E-state index contributed by atoms with van der Waals surface area (Å²) in [6.07, 6.45) is 0. The summed E-state index contributed by atoms with van der Waals surface area (Å²) in [6, 6.07) is 12.9. The molecule has 0 aliphatic carbocycles. The summed E-state index contributed by atoms with van der Waals surface area (Å²) in [4.78, 5) is 12.1. The van der Waals surface area contributed by atoms with Gasteiger partial charge in [0.15, 0.2) is 11.0 Å². The van der Waals surface area contributed by atoms with Crippen molar-refractivity contribution in [2.45, 2.75) is 18.7 Å². The average Bonchev–Trinajstić information content (AvgIpc) is 3.03. The first-order valence-electron chi connectivity index (χ1n) is 8.38. The molecule has 0 spiro atoms. The molecule has 3 rings (SSSR count). The van der Waals surface area contributed by atoms with E-state index in [1.807, 2.05) is 54.9 Å². The van der Waals surface area contributed by atoms with Crippen LogP contribution in [0.1, 0.15) is 11.4 Å². The second-order valence-corrected chi connectivity index (χ2v) is 8.27. The number of nitrogens with zero attached hydrogens (tertiary/aromatic N) is 3. The Hall–Kier alpha value is -2.03. The number of halogens is 2. The van der Waals surface area contributed by atoms with E-state index < -0.39 is 0 Å². The molecule has 0 saturated heterocycles. The highest BCUT2D eigenvalue weighted by Crippen LogP contribution is 2.22. The van der Waals surface area contributed by atoms with Crippen molar-refractivity contribution in [3.63, 3.8) is 0 Å². The Labute approximate surface area is 180 Å². The standard InChI is InChI=1S/C19H18BrClN4O2S/c1-12-9-15(7-8-16(12)21)27-10-17-23-24-19(25(17)2)28-11-18(26)22-14-5-3-13(20)4-6-14/h3-9H,10-11H2,1-2H3,(H,22,26). The van der Waals surface area contributed by atoms with Crippen LogP contribution in [-0.2, 0) is 18.4 Å². The first kappa shape index (κ1) is 20.7. The predicted octanol–water partition coefficient (Wildman–Crippen LogP) is 4.85. The minimum atomic E-state index is -0.107. The molecule has 2 aromatic carbocycles. The minimum Gasteiger partial charge on any atom is -0.486 e. The van der Waals surface area contributed by atoms with Crippen molar-refractivity contribution in [3.05, 3.63) is 63.3 Å². The van der Waals surface area contributed by atoms with Crippen molar-refractivity contribution in [1.29, 1.82) is 0 Å². The molecule has 0 aliphatic rings. The Kier molecular flexibility index (Phi) is 6.98. The molecule has 146 valence electrons. The number of rotatable bonds is 7. The molecule has 0 fully saturated rings. The van der Waals surface area contributed by atoms with Crippen molar-refractivity contribution in [1.82, 2.24) is 14.8 Å². The van der Waals surface area contributed by atoms with Crippen molar-refractivity contribution in [2.24, 2.45) is 7.05 Å². The van der Waals surface area contributed by atoms with Crippen LogP contribution in [0.25, 0.3) is 0 Å². The van der Waals surface area contributed by atoms with Crippen LogP contribution >= 0.6 is 39.3 Å². The van der Waals surface area contributed by atoms with Gasteiger partial charge < -0.3 is 14.6 Å². The molecule has 9 heteroatoms. The Morgan fingerprint density at radius 3 is 2.71 bits per heavy atom. The zero-order valence-electron chi connectivity index (χ0n) is 15.3. The number of amides is 1. The predicted molar refractivity (Wildman–Crippen MR) is 115 cm³/mol. The number of carbonyl (C=O) groups is 1. The van der Waals surface area contributed by atoms with Gasteiger partial charge in [-0.05, 0) is 55.0 Å². The van der Waals surface area contributed by atoms with E-state index in [0.29, 0.717) is 21.8 Å². The molecule has 0 atom stereocenters. The molecule has 0 radical (unpaired) electrons. The zero-order chi connectivity index (χ0) is 20.1. The third-order valence-corrected chi connectivity index (χ3v) is 5.86. The second-order valence-electron chi connectivity index (χ2n) is 6.00. The maximum absolute atomic E-state index is 12.1. The van der Waals surface area contributed by atoms with Gasteiger partial charge in [-0.2, -0.15) is 0 Å². The zero-order valence-corrected chi connectivity index (χ0v) is 18.4. The number of thioether (sulfide) groups is 1. The summed E-state index contributed by atoms with van der Waals surface area (Å²) in [6.45, 7) is 2.20. The summed E-state index contributed by atoms with van der Waals surface area (Å²) in [5.41, 5.74) is 1.70. The van der Waals surface area contributed by atoms with E-state index >= 15 is 0 Å². The van der Waals surface area contributed by atoms with E-state index in [-0.39, 0.29) is 18.3 Å². The normalized spacial score (nSPS) is 10.7. The molecular formula is C19H18BrClN4O2S. The lowest BCUT2D eigenvalue weighted by molar-refractivity contribution is -0.113. The van der Waals surface area contributed by atoms with E-state index in [9.17, 15) is 4.79 Å². The summed E-state index contributed by atoms with van der Waals surface area (Å²) >= 11 is 10.7. The number of nitrogens with one attached hydrogen (secondary N) is 1. The van der Waals surface area contributed by atoms with Crippen molar-refractivity contribution in [3.8, 4) is 5.75 Å². The van der Waals surface area contributed by atoms with Crippen LogP contribution < -0.4 is 10.1 Å². The quantitative estimate of drug-likeness (QED) is 0.489. The van der Waals surface area contributed by atoms with E-state index in [2.05, 4.69) is 31.4 Å². The topological polar surface area (TPSA) is 69.0 Å². The first-order valence-corrected chi connectivity index (χ1v) is 10.5. The number of carbonyl (C=O) groups excluding carboxylic acids is 1. The van der Waals surface area contributed by atoms with Crippen LogP contribution in [0, 0.1) is 6.92 Å². The van der Waals surface area contributed by atoms with Crippen molar-refractivity contribution >= 4 is 50.9 Å². The van der Waals surface area contributed by atoms with Gasteiger partial charge in [-0.1, -0.05) is 39.3 Å². The monoisotopic (exact) mass is 480 g/mol. The fourth-order valence-electron chi connectivity index (χ4n) is 2.31. The van der Waals surface area contributed by atoms with Gasteiger partial charge in [-0.3, -0.25) is 4.79 Å². The summed E-state index contributed by atoms with van der Waals surface area (Å²) in [7, 11) is 1.85. The number of hydrogen-bond donors (Lipinski definition) is 1. The van der Waals surface area contributed by atoms with Crippen molar-refractivity contribution in [2.75, 3.05) is 11.1 Å². The van der Waals surface area contributed by atoms with Gasteiger partial charge >= 0.3 is 0 Å². The Morgan fingerprint density at radius 1 is 1.25 bits per heavy atom. The first-order chi connectivity index (χ1) is 13.4. The van der Waals surface area contributed by atoms with Crippen LogP contribution in [0.4, 0.5) is 5.69 Å². The van der Waals surface area contributed by atoms with Gasteiger partial charge in [-0.25, -0.2) is 0 Å². The number of hydrogen-bond acceptors (Lipinski definition) is 5. The van der Waals surface area contributed by atoms with Crippen LogP contribution in [0.5, 0.6) is 5.75 Å². The maximum atomic E-state index is 12.1. The van der Waals surface area contributed by atoms with E-state index in [0.717, 1.165) is 15.7 Å². The SMILES string of the molecule is Cc1cc(OCc2nnc(SCC(=O)Nc3ccc(Br)cc3)n2C)ccc1Cl. The highest BCUT2D eigenvalue weighted by Gasteiger charge is 2.12. The second kappa shape index (κ2) is 9.45. The van der Waals surface area contributed by atoms with Crippen LogP contribution in [0.15, 0.2) is 52.1 Å². The highest BCUT2D eigenvalue weighted by atomic mass is 79.9. The minimum absolute atomic E-state index is 0.107.